The number of hydrogen-bond donors (Lipinski definition) is 1. The molecule has 78 valence electrons. The molecule has 1 aromatic carbocycles. The van der Waals surface area contributed by atoms with E-state index in [0.29, 0.717) is 12.1 Å². The van der Waals surface area contributed by atoms with Crippen molar-refractivity contribution in [2.45, 2.75) is 13.5 Å². The summed E-state index contributed by atoms with van der Waals surface area (Å²) in [5, 5.41) is 3.08. The molecule has 0 bridgehead atoms. The topological polar surface area (TPSA) is 25.2 Å². The zero-order valence-corrected chi connectivity index (χ0v) is 8.46. The lowest BCUT2D eigenvalue weighted by molar-refractivity contribution is 0.518. The summed E-state index contributed by atoms with van der Waals surface area (Å²) in [5.41, 5.74) is 1.41. The average Bonchev–Trinajstić information content (AvgIpc) is 2.73. The van der Waals surface area contributed by atoms with Crippen LogP contribution in [0.3, 0.4) is 0 Å². The molecule has 0 atom stereocenters. The third-order valence-electron chi connectivity index (χ3n) is 2.22. The fourth-order valence-corrected chi connectivity index (χ4v) is 1.31. The van der Waals surface area contributed by atoms with Crippen molar-refractivity contribution in [1.29, 1.82) is 0 Å². The summed E-state index contributed by atoms with van der Waals surface area (Å²) in [4.78, 5) is 0. The van der Waals surface area contributed by atoms with Crippen molar-refractivity contribution in [3.8, 4) is 0 Å². The largest absolute Gasteiger partial charge is 0.467 e. The molecule has 3 heteroatoms. The summed E-state index contributed by atoms with van der Waals surface area (Å²) < 4.78 is 18.3. The van der Waals surface area contributed by atoms with Gasteiger partial charge < -0.3 is 9.73 Å². The van der Waals surface area contributed by atoms with Gasteiger partial charge in [-0.2, -0.15) is 0 Å². The standard InChI is InChI=1S/C12H12FNO/c1-9-4-5-10(7-12(9)13)14-8-11-3-2-6-15-11/h2-7,14H,8H2,1H3. The zero-order valence-electron chi connectivity index (χ0n) is 8.46. The van der Waals surface area contributed by atoms with Gasteiger partial charge in [-0.25, -0.2) is 4.39 Å². The first-order valence-electron chi connectivity index (χ1n) is 4.78. The SMILES string of the molecule is Cc1ccc(NCc2ccco2)cc1F. The van der Waals surface area contributed by atoms with Crippen molar-refractivity contribution in [3.63, 3.8) is 0 Å². The Hall–Kier alpha value is -1.77. The Morgan fingerprint density at radius 3 is 2.87 bits per heavy atom. The van der Waals surface area contributed by atoms with Gasteiger partial charge in [-0.05, 0) is 36.8 Å². The normalized spacial score (nSPS) is 10.3. The van der Waals surface area contributed by atoms with Crippen LogP contribution in [0.5, 0.6) is 0 Å². The second-order valence-corrected chi connectivity index (χ2v) is 3.40. The first kappa shape index (κ1) is 9.77. The molecular weight excluding hydrogens is 193 g/mol. The van der Waals surface area contributed by atoms with Crippen LogP contribution in [0.4, 0.5) is 10.1 Å². The Morgan fingerprint density at radius 2 is 2.20 bits per heavy atom. The number of benzene rings is 1. The van der Waals surface area contributed by atoms with Crippen molar-refractivity contribution >= 4 is 5.69 Å². The maximum absolute atomic E-state index is 13.2. The van der Waals surface area contributed by atoms with Crippen LogP contribution in [-0.2, 0) is 6.54 Å². The zero-order chi connectivity index (χ0) is 10.7. The number of rotatable bonds is 3. The Kier molecular flexibility index (Phi) is 2.72. The molecule has 15 heavy (non-hydrogen) atoms. The van der Waals surface area contributed by atoms with Gasteiger partial charge in [0.2, 0.25) is 0 Å². The quantitative estimate of drug-likeness (QED) is 0.831. The van der Waals surface area contributed by atoms with Crippen LogP contribution in [0.15, 0.2) is 41.0 Å². The molecule has 0 aliphatic carbocycles. The summed E-state index contributed by atoms with van der Waals surface area (Å²) in [6, 6.07) is 8.78. The number of nitrogens with one attached hydrogen (secondary N) is 1. The molecule has 0 unspecified atom stereocenters. The van der Waals surface area contributed by atoms with Gasteiger partial charge in [0, 0.05) is 5.69 Å². The monoisotopic (exact) mass is 205 g/mol. The van der Waals surface area contributed by atoms with E-state index in [1.807, 2.05) is 18.2 Å². The van der Waals surface area contributed by atoms with Crippen LogP contribution in [0, 0.1) is 12.7 Å². The van der Waals surface area contributed by atoms with Gasteiger partial charge in [-0.3, -0.25) is 0 Å². The fourth-order valence-electron chi connectivity index (χ4n) is 1.31. The van der Waals surface area contributed by atoms with E-state index < -0.39 is 0 Å². The molecule has 2 rings (SSSR count). The van der Waals surface area contributed by atoms with E-state index in [4.69, 9.17) is 4.42 Å². The summed E-state index contributed by atoms with van der Waals surface area (Å²) in [7, 11) is 0. The molecule has 0 aliphatic heterocycles. The molecule has 0 amide bonds. The van der Waals surface area contributed by atoms with E-state index in [1.54, 1.807) is 19.3 Å². The third kappa shape index (κ3) is 2.37. The summed E-state index contributed by atoms with van der Waals surface area (Å²) in [6.07, 6.45) is 1.62. The highest BCUT2D eigenvalue weighted by Crippen LogP contribution is 2.14. The van der Waals surface area contributed by atoms with Crippen molar-refractivity contribution in [2.75, 3.05) is 5.32 Å². The van der Waals surface area contributed by atoms with E-state index >= 15 is 0 Å². The van der Waals surface area contributed by atoms with E-state index in [9.17, 15) is 4.39 Å². The van der Waals surface area contributed by atoms with Crippen molar-refractivity contribution in [2.24, 2.45) is 0 Å². The lowest BCUT2D eigenvalue weighted by Crippen LogP contribution is -1.98. The van der Waals surface area contributed by atoms with Gasteiger partial charge in [0.1, 0.15) is 11.6 Å². The number of aryl methyl sites for hydroxylation is 1. The Balaban J connectivity index is 2.02. The summed E-state index contributed by atoms with van der Waals surface area (Å²) in [6.45, 7) is 2.31. The predicted molar refractivity (Wildman–Crippen MR) is 57.2 cm³/mol. The lowest BCUT2D eigenvalue weighted by Gasteiger charge is -2.05. The maximum atomic E-state index is 13.2. The lowest BCUT2D eigenvalue weighted by atomic mass is 10.2. The highest BCUT2D eigenvalue weighted by Gasteiger charge is 1.99. The Labute approximate surface area is 87.7 Å². The summed E-state index contributed by atoms with van der Waals surface area (Å²) in [5.74, 6) is 0.635. The third-order valence-corrected chi connectivity index (χ3v) is 2.22. The van der Waals surface area contributed by atoms with Crippen LogP contribution in [-0.4, -0.2) is 0 Å². The van der Waals surface area contributed by atoms with Crippen molar-refractivity contribution in [1.82, 2.24) is 0 Å². The van der Waals surface area contributed by atoms with E-state index in [1.165, 1.54) is 6.07 Å². The van der Waals surface area contributed by atoms with Crippen LogP contribution in [0.25, 0.3) is 0 Å². The predicted octanol–water partition coefficient (Wildman–Crippen LogP) is 3.34. The highest BCUT2D eigenvalue weighted by molar-refractivity contribution is 5.45. The van der Waals surface area contributed by atoms with Crippen molar-refractivity contribution < 1.29 is 8.81 Å². The highest BCUT2D eigenvalue weighted by atomic mass is 19.1. The molecule has 0 fully saturated rings. The second kappa shape index (κ2) is 4.17. The van der Waals surface area contributed by atoms with Crippen molar-refractivity contribution in [3.05, 3.63) is 53.7 Å². The van der Waals surface area contributed by atoms with Crippen LogP contribution < -0.4 is 5.32 Å². The molecular formula is C12H12FNO. The minimum Gasteiger partial charge on any atom is -0.467 e. The first-order valence-corrected chi connectivity index (χ1v) is 4.78. The smallest absolute Gasteiger partial charge is 0.128 e. The van der Waals surface area contributed by atoms with Crippen LogP contribution in [0.2, 0.25) is 0 Å². The summed E-state index contributed by atoms with van der Waals surface area (Å²) >= 11 is 0. The number of hydrogen-bond acceptors (Lipinski definition) is 2. The van der Waals surface area contributed by atoms with Crippen LogP contribution in [0.1, 0.15) is 11.3 Å². The molecule has 0 saturated carbocycles. The molecule has 0 aliphatic rings. The van der Waals surface area contributed by atoms with E-state index in [2.05, 4.69) is 5.32 Å². The van der Waals surface area contributed by atoms with Gasteiger partial charge in [0.15, 0.2) is 0 Å². The molecule has 0 spiro atoms. The molecule has 0 radical (unpaired) electrons. The number of halogens is 1. The minimum atomic E-state index is -0.195. The molecule has 2 nitrogen and oxygen atoms in total. The fraction of sp³-hybridized carbons (Fsp3) is 0.167. The van der Waals surface area contributed by atoms with Gasteiger partial charge >= 0.3 is 0 Å². The Bertz CT molecular complexity index is 437. The van der Waals surface area contributed by atoms with Gasteiger partial charge in [-0.1, -0.05) is 6.07 Å². The maximum Gasteiger partial charge on any atom is 0.128 e. The molecule has 0 saturated heterocycles. The number of furan rings is 1. The van der Waals surface area contributed by atoms with Gasteiger partial charge in [-0.15, -0.1) is 0 Å². The first-order chi connectivity index (χ1) is 7.25. The van der Waals surface area contributed by atoms with E-state index in [0.717, 1.165) is 11.4 Å². The molecule has 2 aromatic rings. The number of anilines is 1. The van der Waals surface area contributed by atoms with E-state index in [-0.39, 0.29) is 5.82 Å². The Morgan fingerprint density at radius 1 is 1.33 bits per heavy atom. The van der Waals surface area contributed by atoms with Gasteiger partial charge in [0.05, 0.1) is 12.8 Å². The average molecular weight is 205 g/mol. The molecule has 1 N–H and O–H groups in total. The van der Waals surface area contributed by atoms with Gasteiger partial charge in [0.25, 0.3) is 0 Å². The molecule has 1 heterocycles. The second-order valence-electron chi connectivity index (χ2n) is 3.40. The molecule has 1 aromatic heterocycles. The minimum absolute atomic E-state index is 0.195. The van der Waals surface area contributed by atoms with Crippen LogP contribution >= 0.6 is 0 Å².